The van der Waals surface area contributed by atoms with Crippen LogP contribution in [0.5, 0.6) is 0 Å². The van der Waals surface area contributed by atoms with Gasteiger partial charge >= 0.3 is 5.97 Å². The molecule has 14 heteroatoms. The van der Waals surface area contributed by atoms with Crippen LogP contribution in [-0.2, 0) is 26.1 Å². The minimum absolute atomic E-state index is 0.0231. The van der Waals surface area contributed by atoms with Gasteiger partial charge in [-0.05, 0) is 31.2 Å². The van der Waals surface area contributed by atoms with Crippen LogP contribution in [0.3, 0.4) is 0 Å². The minimum Gasteiger partial charge on any atom is -0.466 e. The molecule has 0 aliphatic carbocycles. The molecule has 0 fully saturated rings. The van der Waals surface area contributed by atoms with Crippen LogP contribution >= 0.6 is 22.9 Å². The van der Waals surface area contributed by atoms with E-state index in [2.05, 4.69) is 4.99 Å². The van der Waals surface area contributed by atoms with Gasteiger partial charge in [0.05, 0.1) is 43.6 Å². The summed E-state index contributed by atoms with van der Waals surface area (Å²) in [7, 11) is -3.97. The molecule has 0 radical (unpaired) electrons. The van der Waals surface area contributed by atoms with Crippen molar-refractivity contribution in [2.75, 3.05) is 6.61 Å². The molecule has 1 aromatic heterocycles. The number of fused-ring (bicyclic) bond motifs is 1. The summed E-state index contributed by atoms with van der Waals surface area (Å²) in [6, 6.07) is 7.52. The van der Waals surface area contributed by atoms with E-state index in [1.54, 1.807) is 11.5 Å². The lowest BCUT2D eigenvalue weighted by molar-refractivity contribution is -0.384. The van der Waals surface area contributed by atoms with Gasteiger partial charge in [-0.15, -0.1) is 0 Å². The van der Waals surface area contributed by atoms with E-state index in [0.29, 0.717) is 10.2 Å². The van der Waals surface area contributed by atoms with Crippen molar-refractivity contribution >= 4 is 60.7 Å². The maximum absolute atomic E-state index is 12.8. The lowest BCUT2D eigenvalue weighted by Gasteiger charge is -2.06. The van der Waals surface area contributed by atoms with Gasteiger partial charge in [-0.3, -0.25) is 19.7 Å². The Kier molecular flexibility index (Phi) is 7.27. The first-order valence-corrected chi connectivity index (χ1v) is 12.1. The van der Waals surface area contributed by atoms with Crippen LogP contribution in [0, 0.1) is 10.1 Å². The fourth-order valence-corrected chi connectivity index (χ4v) is 4.81. The van der Waals surface area contributed by atoms with E-state index in [9.17, 15) is 28.1 Å². The molecule has 0 atom stereocenters. The van der Waals surface area contributed by atoms with Crippen molar-refractivity contribution in [3.8, 4) is 0 Å². The highest BCUT2D eigenvalue weighted by atomic mass is 35.5. The van der Waals surface area contributed by atoms with E-state index >= 15 is 0 Å². The zero-order chi connectivity index (χ0) is 24.3. The summed E-state index contributed by atoms with van der Waals surface area (Å²) >= 11 is 7.03. The number of carbonyl (C=O) groups excluding carboxylic acids is 2. The van der Waals surface area contributed by atoms with Gasteiger partial charge in [0.1, 0.15) is 0 Å². The molecule has 174 valence electrons. The van der Waals surface area contributed by atoms with Crippen molar-refractivity contribution in [1.82, 2.24) is 4.57 Å². The van der Waals surface area contributed by atoms with Gasteiger partial charge in [0.25, 0.3) is 11.6 Å². The third-order valence-corrected chi connectivity index (χ3v) is 6.70. The Labute approximate surface area is 196 Å². The lowest BCUT2D eigenvalue weighted by atomic mass is 10.2. The number of rotatable bonds is 7. The molecule has 3 aromatic rings. The number of hydrogen-bond donors (Lipinski definition) is 1. The molecule has 1 amide bonds. The number of non-ortho nitro benzene ring substituents is 1. The van der Waals surface area contributed by atoms with Crippen molar-refractivity contribution in [2.45, 2.75) is 24.8 Å². The number of nitrogens with zero attached hydrogens (tertiary/aromatic N) is 3. The summed E-state index contributed by atoms with van der Waals surface area (Å²) in [5.41, 5.74) is 0.00107. The van der Waals surface area contributed by atoms with Crippen molar-refractivity contribution in [1.29, 1.82) is 0 Å². The van der Waals surface area contributed by atoms with Crippen LogP contribution in [0.15, 0.2) is 46.3 Å². The maximum atomic E-state index is 12.8. The Balaban J connectivity index is 2.15. The van der Waals surface area contributed by atoms with Gasteiger partial charge in [0.15, 0.2) is 4.80 Å². The normalized spacial score (nSPS) is 12.2. The van der Waals surface area contributed by atoms with Crippen LogP contribution in [0.1, 0.15) is 23.7 Å². The van der Waals surface area contributed by atoms with E-state index in [-0.39, 0.29) is 45.5 Å². The van der Waals surface area contributed by atoms with E-state index in [1.165, 1.54) is 24.3 Å². The van der Waals surface area contributed by atoms with Gasteiger partial charge in [-0.2, -0.15) is 4.99 Å². The number of esters is 1. The minimum atomic E-state index is -3.97. The van der Waals surface area contributed by atoms with Crippen LogP contribution in [0.4, 0.5) is 5.69 Å². The Morgan fingerprint density at radius 1 is 1.27 bits per heavy atom. The number of nitro benzene ring substituents is 1. The highest BCUT2D eigenvalue weighted by Gasteiger charge is 2.18. The zero-order valence-electron chi connectivity index (χ0n) is 17.1. The second kappa shape index (κ2) is 9.79. The Morgan fingerprint density at radius 2 is 2.00 bits per heavy atom. The summed E-state index contributed by atoms with van der Waals surface area (Å²) in [5, 5.41) is 16.2. The second-order valence-corrected chi connectivity index (χ2v) is 9.58. The number of aromatic nitrogens is 1. The SMILES string of the molecule is CCOC(=O)CCn1c(=NC(=O)c2cc([N+](=O)[O-])ccc2Cl)sc2cc(S(N)(=O)=O)ccc21. The van der Waals surface area contributed by atoms with Gasteiger partial charge in [-0.1, -0.05) is 22.9 Å². The average Bonchev–Trinajstić information content (AvgIpc) is 3.08. The molecule has 0 unspecified atom stereocenters. The number of sulfonamides is 1. The average molecular weight is 513 g/mol. The van der Waals surface area contributed by atoms with E-state index in [4.69, 9.17) is 21.5 Å². The molecule has 0 bridgehead atoms. The number of primary sulfonamides is 1. The largest absolute Gasteiger partial charge is 0.466 e. The highest BCUT2D eigenvalue weighted by Crippen LogP contribution is 2.24. The van der Waals surface area contributed by atoms with Crippen LogP contribution < -0.4 is 9.94 Å². The molecule has 33 heavy (non-hydrogen) atoms. The predicted octanol–water partition coefficient (Wildman–Crippen LogP) is 2.61. The number of nitro groups is 1. The summed E-state index contributed by atoms with van der Waals surface area (Å²) in [6.45, 7) is 1.96. The molecule has 0 spiro atoms. The lowest BCUT2D eigenvalue weighted by Crippen LogP contribution is -2.19. The fraction of sp³-hybridized carbons (Fsp3) is 0.211. The maximum Gasteiger partial charge on any atom is 0.307 e. The molecular weight excluding hydrogens is 496 g/mol. The fourth-order valence-electron chi connectivity index (χ4n) is 2.91. The highest BCUT2D eigenvalue weighted by molar-refractivity contribution is 7.89. The molecule has 11 nitrogen and oxygen atoms in total. The summed E-state index contributed by atoms with van der Waals surface area (Å²) in [5.74, 6) is -1.31. The molecule has 2 N–H and O–H groups in total. The number of amides is 1. The number of halogens is 1. The number of nitrogens with two attached hydrogens (primary N) is 1. The summed E-state index contributed by atoms with van der Waals surface area (Å²) < 4.78 is 30.3. The first-order chi connectivity index (χ1) is 15.5. The number of aryl methyl sites for hydroxylation is 1. The monoisotopic (exact) mass is 512 g/mol. The first kappa shape index (κ1) is 24.5. The van der Waals surface area contributed by atoms with Gasteiger partial charge < -0.3 is 9.30 Å². The van der Waals surface area contributed by atoms with Crippen LogP contribution in [0.2, 0.25) is 5.02 Å². The standard InChI is InChI=1S/C19H17ClN4O7S2/c1-2-31-17(25)7-8-23-15-6-4-12(33(21,29)30)10-16(15)32-19(23)22-18(26)13-9-11(24(27)28)3-5-14(13)20/h3-6,9-10H,2,7-8H2,1H3,(H2,21,29,30). The Bertz CT molecular complexity index is 1440. The molecule has 0 aliphatic rings. The van der Waals surface area contributed by atoms with Crippen LogP contribution in [-0.4, -0.2) is 36.4 Å². The molecule has 1 heterocycles. The molecule has 0 saturated heterocycles. The van der Waals surface area contributed by atoms with E-state index in [0.717, 1.165) is 23.5 Å². The molecular formula is C19H17ClN4O7S2. The van der Waals surface area contributed by atoms with Crippen molar-refractivity contribution in [2.24, 2.45) is 10.1 Å². The summed E-state index contributed by atoms with van der Waals surface area (Å²) in [6.07, 6.45) is -0.0322. The molecule has 0 saturated carbocycles. The predicted molar refractivity (Wildman–Crippen MR) is 120 cm³/mol. The molecule has 3 rings (SSSR count). The third kappa shape index (κ3) is 5.63. The second-order valence-electron chi connectivity index (χ2n) is 6.60. The Hall–Kier alpha value is -3.13. The number of benzene rings is 2. The van der Waals surface area contributed by atoms with Crippen LogP contribution in [0.25, 0.3) is 10.2 Å². The number of thiazole rings is 1. The number of hydrogen-bond acceptors (Lipinski definition) is 8. The third-order valence-electron chi connectivity index (χ3n) is 4.42. The van der Waals surface area contributed by atoms with Crippen molar-refractivity contribution < 1.29 is 27.7 Å². The van der Waals surface area contributed by atoms with E-state index < -0.39 is 26.8 Å². The topological polar surface area (TPSA) is 164 Å². The zero-order valence-corrected chi connectivity index (χ0v) is 19.4. The van der Waals surface area contributed by atoms with Gasteiger partial charge in [0, 0.05) is 18.7 Å². The number of ether oxygens (including phenoxy) is 1. The van der Waals surface area contributed by atoms with Crippen molar-refractivity contribution in [3.63, 3.8) is 0 Å². The smallest absolute Gasteiger partial charge is 0.307 e. The van der Waals surface area contributed by atoms with Gasteiger partial charge in [-0.25, -0.2) is 13.6 Å². The summed E-state index contributed by atoms with van der Waals surface area (Å²) in [4.78, 5) is 39.1. The number of carbonyl (C=O) groups is 2. The quantitative estimate of drug-likeness (QED) is 0.288. The van der Waals surface area contributed by atoms with Gasteiger partial charge in [0.2, 0.25) is 10.0 Å². The Morgan fingerprint density at radius 3 is 2.64 bits per heavy atom. The van der Waals surface area contributed by atoms with E-state index in [1.807, 2.05) is 0 Å². The molecule has 0 aliphatic heterocycles. The first-order valence-electron chi connectivity index (χ1n) is 9.36. The molecule has 2 aromatic carbocycles. The van der Waals surface area contributed by atoms with Crippen molar-refractivity contribution in [3.05, 3.63) is 61.9 Å².